The number of methoxy groups -OCH3 is 1. The molecule has 1 N–H and O–H groups in total. The van der Waals surface area contributed by atoms with Crippen LogP contribution in [0.25, 0.3) is 6.08 Å². The highest BCUT2D eigenvalue weighted by atomic mass is 35.5. The van der Waals surface area contributed by atoms with E-state index in [1.807, 2.05) is 0 Å². The predicted molar refractivity (Wildman–Crippen MR) is 74.3 cm³/mol. The molecular formula is C14H13ClN2O2. The van der Waals surface area contributed by atoms with Gasteiger partial charge in [0, 0.05) is 16.5 Å². The average molecular weight is 277 g/mol. The van der Waals surface area contributed by atoms with E-state index in [1.165, 1.54) is 0 Å². The molecule has 0 bridgehead atoms. The quantitative estimate of drug-likeness (QED) is 0.863. The van der Waals surface area contributed by atoms with Gasteiger partial charge < -0.3 is 10.1 Å². The van der Waals surface area contributed by atoms with Gasteiger partial charge in [-0.15, -0.1) is 0 Å². The predicted octanol–water partition coefficient (Wildman–Crippen LogP) is 2.63. The second-order valence-electron chi connectivity index (χ2n) is 4.64. The van der Waals surface area contributed by atoms with Crippen molar-refractivity contribution in [2.75, 3.05) is 7.11 Å². The van der Waals surface area contributed by atoms with E-state index in [4.69, 9.17) is 16.3 Å². The molecule has 1 fully saturated rings. The van der Waals surface area contributed by atoms with Crippen molar-refractivity contribution in [1.29, 1.82) is 0 Å². The van der Waals surface area contributed by atoms with E-state index in [2.05, 4.69) is 10.3 Å². The van der Waals surface area contributed by atoms with Crippen molar-refractivity contribution in [2.24, 2.45) is 10.9 Å². The van der Waals surface area contributed by atoms with Crippen molar-refractivity contribution in [1.82, 2.24) is 5.32 Å². The minimum atomic E-state index is -0.163. The number of carbonyl (C=O) groups is 1. The smallest absolute Gasteiger partial charge is 0.275 e. The number of amidine groups is 1. The van der Waals surface area contributed by atoms with Crippen LogP contribution in [0.15, 0.2) is 28.9 Å². The molecule has 1 aromatic rings. The molecule has 0 spiro atoms. The molecule has 2 aliphatic rings. The third-order valence-corrected chi connectivity index (χ3v) is 3.40. The average Bonchev–Trinajstić information content (AvgIpc) is 3.16. The van der Waals surface area contributed by atoms with E-state index < -0.39 is 0 Å². The van der Waals surface area contributed by atoms with Crippen LogP contribution >= 0.6 is 11.6 Å². The zero-order chi connectivity index (χ0) is 13.4. The number of carbonyl (C=O) groups excluding carboxylic acids is 1. The van der Waals surface area contributed by atoms with Crippen LogP contribution in [0.5, 0.6) is 5.75 Å². The number of halogens is 1. The molecule has 4 nitrogen and oxygen atoms in total. The molecule has 0 aromatic heterocycles. The first-order valence-corrected chi connectivity index (χ1v) is 6.50. The lowest BCUT2D eigenvalue weighted by atomic mass is 10.1. The maximum Gasteiger partial charge on any atom is 0.275 e. The minimum absolute atomic E-state index is 0.163. The van der Waals surface area contributed by atoms with Gasteiger partial charge in [-0.05, 0) is 37.1 Å². The summed E-state index contributed by atoms with van der Waals surface area (Å²) in [6.07, 6.45) is 3.91. The molecule has 3 rings (SSSR count). The maximum absolute atomic E-state index is 11.8. The zero-order valence-electron chi connectivity index (χ0n) is 10.4. The molecule has 98 valence electrons. The normalized spacial score (nSPS) is 20.4. The summed E-state index contributed by atoms with van der Waals surface area (Å²) >= 11 is 5.96. The summed E-state index contributed by atoms with van der Waals surface area (Å²) in [4.78, 5) is 16.2. The summed E-state index contributed by atoms with van der Waals surface area (Å²) in [6, 6.07) is 5.27. The van der Waals surface area contributed by atoms with Gasteiger partial charge in [0.2, 0.25) is 0 Å². The second kappa shape index (κ2) is 4.70. The number of aliphatic imine (C=N–C) groups is 1. The maximum atomic E-state index is 11.8. The number of hydrogen-bond acceptors (Lipinski definition) is 3. The van der Waals surface area contributed by atoms with Crippen molar-refractivity contribution < 1.29 is 9.53 Å². The summed E-state index contributed by atoms with van der Waals surface area (Å²) in [5.74, 6) is 1.72. The van der Waals surface area contributed by atoms with Crippen LogP contribution < -0.4 is 10.1 Å². The van der Waals surface area contributed by atoms with Crippen molar-refractivity contribution in [2.45, 2.75) is 12.8 Å². The SMILES string of the molecule is COc1ccc(Cl)cc1/C=C1/N=C(C2CC2)NC1=O. The van der Waals surface area contributed by atoms with E-state index in [-0.39, 0.29) is 5.91 Å². The zero-order valence-corrected chi connectivity index (χ0v) is 11.2. The van der Waals surface area contributed by atoms with Gasteiger partial charge in [0.1, 0.15) is 17.3 Å². The number of nitrogens with one attached hydrogen (secondary N) is 1. The van der Waals surface area contributed by atoms with E-state index in [0.29, 0.717) is 22.4 Å². The topological polar surface area (TPSA) is 50.7 Å². The van der Waals surface area contributed by atoms with E-state index >= 15 is 0 Å². The summed E-state index contributed by atoms with van der Waals surface area (Å²) < 4.78 is 5.25. The van der Waals surface area contributed by atoms with Gasteiger partial charge in [-0.3, -0.25) is 4.79 Å². The second-order valence-corrected chi connectivity index (χ2v) is 5.08. The fourth-order valence-electron chi connectivity index (χ4n) is 2.00. The third-order valence-electron chi connectivity index (χ3n) is 3.16. The molecule has 19 heavy (non-hydrogen) atoms. The molecule has 1 aliphatic carbocycles. The van der Waals surface area contributed by atoms with Crippen LogP contribution in [0.4, 0.5) is 0 Å². The van der Waals surface area contributed by atoms with Gasteiger partial charge in [-0.1, -0.05) is 11.6 Å². The fourth-order valence-corrected chi connectivity index (χ4v) is 2.18. The Morgan fingerprint density at radius 2 is 2.26 bits per heavy atom. The number of benzene rings is 1. The molecular weight excluding hydrogens is 264 g/mol. The van der Waals surface area contributed by atoms with Crippen LogP contribution in [0.1, 0.15) is 18.4 Å². The van der Waals surface area contributed by atoms with Gasteiger partial charge >= 0.3 is 0 Å². The Morgan fingerprint density at radius 3 is 2.95 bits per heavy atom. The molecule has 5 heteroatoms. The highest BCUT2D eigenvalue weighted by Crippen LogP contribution is 2.33. The highest BCUT2D eigenvalue weighted by Gasteiger charge is 2.33. The van der Waals surface area contributed by atoms with Gasteiger partial charge in [0.15, 0.2) is 0 Å². The van der Waals surface area contributed by atoms with Gasteiger partial charge in [0.05, 0.1) is 7.11 Å². The molecule has 0 unspecified atom stereocenters. The highest BCUT2D eigenvalue weighted by molar-refractivity contribution is 6.30. The number of amides is 1. The molecule has 0 radical (unpaired) electrons. The number of nitrogens with zero attached hydrogens (tertiary/aromatic N) is 1. The first-order chi connectivity index (χ1) is 9.17. The number of hydrogen-bond donors (Lipinski definition) is 1. The minimum Gasteiger partial charge on any atom is -0.496 e. The van der Waals surface area contributed by atoms with Crippen LogP contribution in [-0.4, -0.2) is 18.9 Å². The summed E-state index contributed by atoms with van der Waals surface area (Å²) in [7, 11) is 1.58. The van der Waals surface area contributed by atoms with E-state index in [0.717, 1.165) is 24.2 Å². The Kier molecular flexibility index (Phi) is 3.03. The Balaban J connectivity index is 1.96. The molecule has 0 atom stereocenters. The van der Waals surface area contributed by atoms with Crippen molar-refractivity contribution >= 4 is 29.4 Å². The molecule has 0 saturated heterocycles. The molecule has 1 amide bonds. The lowest BCUT2D eigenvalue weighted by molar-refractivity contribution is -0.115. The first-order valence-electron chi connectivity index (χ1n) is 6.12. The van der Waals surface area contributed by atoms with E-state index in [1.54, 1.807) is 31.4 Å². The Bertz CT molecular complexity index is 603. The largest absolute Gasteiger partial charge is 0.496 e. The lowest BCUT2D eigenvalue weighted by Crippen LogP contribution is -2.25. The van der Waals surface area contributed by atoms with Gasteiger partial charge in [-0.2, -0.15) is 0 Å². The van der Waals surface area contributed by atoms with Crippen LogP contribution in [0, 0.1) is 5.92 Å². The fraction of sp³-hybridized carbons (Fsp3) is 0.286. The van der Waals surface area contributed by atoms with Crippen LogP contribution in [-0.2, 0) is 4.79 Å². The third kappa shape index (κ3) is 2.49. The Hall–Kier alpha value is -1.81. The van der Waals surface area contributed by atoms with Crippen molar-refractivity contribution in [3.05, 3.63) is 34.5 Å². The Labute approximate surface area is 116 Å². The van der Waals surface area contributed by atoms with Crippen LogP contribution in [0.2, 0.25) is 5.02 Å². The molecule has 1 heterocycles. The molecule has 1 aliphatic heterocycles. The van der Waals surface area contributed by atoms with Crippen LogP contribution in [0.3, 0.4) is 0 Å². The summed E-state index contributed by atoms with van der Waals surface area (Å²) in [6.45, 7) is 0. The van der Waals surface area contributed by atoms with Crippen molar-refractivity contribution in [3.63, 3.8) is 0 Å². The summed E-state index contributed by atoms with van der Waals surface area (Å²) in [5, 5.41) is 3.40. The molecule has 1 aromatic carbocycles. The van der Waals surface area contributed by atoms with Crippen molar-refractivity contribution in [3.8, 4) is 5.75 Å². The Morgan fingerprint density at radius 1 is 1.47 bits per heavy atom. The standard InChI is InChI=1S/C14H13ClN2O2/c1-19-12-5-4-10(15)6-9(12)7-11-14(18)17-13(16-11)8-2-3-8/h4-8H,2-3H2,1H3,(H,16,17,18)/b11-7+. The van der Waals surface area contributed by atoms with E-state index in [9.17, 15) is 4.79 Å². The summed E-state index contributed by atoms with van der Waals surface area (Å²) in [5.41, 5.74) is 1.16. The number of ether oxygens (including phenoxy) is 1. The lowest BCUT2D eigenvalue weighted by Gasteiger charge is -2.05. The van der Waals surface area contributed by atoms with Gasteiger partial charge in [-0.25, -0.2) is 4.99 Å². The number of rotatable bonds is 3. The first kappa shape index (κ1) is 12.2. The monoisotopic (exact) mass is 276 g/mol. The van der Waals surface area contributed by atoms with Gasteiger partial charge in [0.25, 0.3) is 5.91 Å². The molecule has 1 saturated carbocycles.